The van der Waals surface area contributed by atoms with Crippen LogP contribution in [0.2, 0.25) is 0 Å². The number of benzene rings is 3. The summed E-state index contributed by atoms with van der Waals surface area (Å²) in [4.78, 5) is 12.6. The molecule has 0 aliphatic heterocycles. The first-order chi connectivity index (χ1) is 10.8. The monoisotopic (exact) mass is 308 g/mol. The number of carbonyl (C=O) groups is 1. The molecular formula is C19H16O2S. The van der Waals surface area contributed by atoms with Crippen molar-refractivity contribution in [2.24, 2.45) is 0 Å². The molecule has 0 spiro atoms. The van der Waals surface area contributed by atoms with Crippen LogP contribution in [0.25, 0.3) is 10.8 Å². The Bertz CT molecular complexity index is 794. The second-order valence-electron chi connectivity index (χ2n) is 4.99. The fourth-order valence-corrected chi connectivity index (χ4v) is 3.18. The van der Waals surface area contributed by atoms with Crippen molar-refractivity contribution in [2.45, 2.75) is 10.6 Å². The Morgan fingerprint density at radius 2 is 1.68 bits per heavy atom. The third kappa shape index (κ3) is 3.31. The molecule has 2 nitrogen and oxygen atoms in total. The van der Waals surface area contributed by atoms with Crippen LogP contribution in [0, 0.1) is 0 Å². The molecule has 0 amide bonds. The van der Waals surface area contributed by atoms with Crippen molar-refractivity contribution in [2.75, 3.05) is 7.11 Å². The minimum absolute atomic E-state index is 0.297. The molecule has 0 saturated heterocycles. The first-order valence-electron chi connectivity index (χ1n) is 7.05. The van der Waals surface area contributed by atoms with Gasteiger partial charge in [-0.1, -0.05) is 42.5 Å². The van der Waals surface area contributed by atoms with E-state index >= 15 is 0 Å². The molecule has 22 heavy (non-hydrogen) atoms. The van der Waals surface area contributed by atoms with E-state index < -0.39 is 0 Å². The second kappa shape index (κ2) is 6.67. The Balaban J connectivity index is 1.69. The Kier molecular flexibility index (Phi) is 4.45. The average molecular weight is 308 g/mol. The molecular weight excluding hydrogens is 292 g/mol. The van der Waals surface area contributed by atoms with Crippen molar-refractivity contribution < 1.29 is 9.53 Å². The number of methoxy groups -OCH3 is 1. The van der Waals surface area contributed by atoms with Crippen molar-refractivity contribution in [3.63, 3.8) is 0 Å². The van der Waals surface area contributed by atoms with E-state index in [1.54, 1.807) is 11.8 Å². The van der Waals surface area contributed by atoms with E-state index in [1.165, 1.54) is 28.3 Å². The maximum absolute atomic E-state index is 11.4. The van der Waals surface area contributed by atoms with Gasteiger partial charge in [0.25, 0.3) is 0 Å². The van der Waals surface area contributed by atoms with E-state index in [9.17, 15) is 4.79 Å². The summed E-state index contributed by atoms with van der Waals surface area (Å²) in [7, 11) is 1.39. The minimum Gasteiger partial charge on any atom is -0.465 e. The highest BCUT2D eigenvalue weighted by Gasteiger charge is 2.04. The lowest BCUT2D eigenvalue weighted by molar-refractivity contribution is 0.0600. The lowest BCUT2D eigenvalue weighted by Crippen LogP contribution is -2.00. The normalized spacial score (nSPS) is 10.6. The number of rotatable bonds is 4. The zero-order valence-electron chi connectivity index (χ0n) is 12.3. The SMILES string of the molecule is COC(=O)c1ccc(CSc2ccc3ccccc3c2)cc1. The third-order valence-electron chi connectivity index (χ3n) is 3.50. The Hall–Kier alpha value is -2.26. The van der Waals surface area contributed by atoms with Gasteiger partial charge in [-0.25, -0.2) is 4.79 Å². The smallest absolute Gasteiger partial charge is 0.337 e. The molecule has 0 fully saturated rings. The fraction of sp³-hybridized carbons (Fsp3) is 0.105. The topological polar surface area (TPSA) is 26.3 Å². The fourth-order valence-electron chi connectivity index (χ4n) is 2.28. The molecule has 0 bridgehead atoms. The van der Waals surface area contributed by atoms with Crippen molar-refractivity contribution in [3.05, 3.63) is 77.9 Å². The first-order valence-corrected chi connectivity index (χ1v) is 8.04. The van der Waals surface area contributed by atoms with Gasteiger partial charge in [-0.2, -0.15) is 0 Å². The van der Waals surface area contributed by atoms with Crippen LogP contribution in [0.4, 0.5) is 0 Å². The van der Waals surface area contributed by atoms with E-state index in [-0.39, 0.29) is 5.97 Å². The lowest BCUT2D eigenvalue weighted by Gasteiger charge is -2.05. The van der Waals surface area contributed by atoms with Gasteiger partial charge >= 0.3 is 5.97 Å². The van der Waals surface area contributed by atoms with Crippen molar-refractivity contribution in [1.82, 2.24) is 0 Å². The van der Waals surface area contributed by atoms with Gasteiger partial charge < -0.3 is 4.74 Å². The van der Waals surface area contributed by atoms with Crippen molar-refractivity contribution in [3.8, 4) is 0 Å². The van der Waals surface area contributed by atoms with E-state index in [2.05, 4.69) is 42.5 Å². The van der Waals surface area contributed by atoms with Gasteiger partial charge in [0.15, 0.2) is 0 Å². The summed E-state index contributed by atoms with van der Waals surface area (Å²) >= 11 is 1.79. The summed E-state index contributed by atoms with van der Waals surface area (Å²) in [5.41, 5.74) is 1.77. The summed E-state index contributed by atoms with van der Waals surface area (Å²) in [6, 6.07) is 22.4. The molecule has 3 aromatic rings. The van der Waals surface area contributed by atoms with E-state index in [1.807, 2.05) is 24.3 Å². The summed E-state index contributed by atoms with van der Waals surface area (Å²) in [5, 5.41) is 2.52. The first kappa shape index (κ1) is 14.7. The van der Waals surface area contributed by atoms with Crippen LogP contribution >= 0.6 is 11.8 Å². The number of thioether (sulfide) groups is 1. The van der Waals surface area contributed by atoms with Crippen molar-refractivity contribution in [1.29, 1.82) is 0 Å². The molecule has 3 aromatic carbocycles. The van der Waals surface area contributed by atoms with Gasteiger partial charge in [0.2, 0.25) is 0 Å². The van der Waals surface area contributed by atoms with Crippen LogP contribution in [-0.2, 0) is 10.5 Å². The molecule has 0 saturated carbocycles. The average Bonchev–Trinajstić information content (AvgIpc) is 2.59. The number of fused-ring (bicyclic) bond motifs is 1. The highest BCUT2D eigenvalue weighted by atomic mass is 32.2. The standard InChI is InChI=1S/C19H16O2S/c1-21-19(20)16-8-6-14(7-9-16)13-22-18-11-10-15-4-2-3-5-17(15)12-18/h2-12H,13H2,1H3. The van der Waals surface area contributed by atoms with Gasteiger partial charge in [-0.05, 0) is 40.6 Å². The number of esters is 1. The predicted molar refractivity (Wildman–Crippen MR) is 91.3 cm³/mol. The maximum Gasteiger partial charge on any atom is 0.337 e. The summed E-state index contributed by atoms with van der Waals surface area (Å²) in [5.74, 6) is 0.577. The zero-order chi connectivity index (χ0) is 15.4. The van der Waals surface area contributed by atoms with Gasteiger partial charge in [0.1, 0.15) is 0 Å². The van der Waals surface area contributed by atoms with Crippen LogP contribution in [0.15, 0.2) is 71.6 Å². The minimum atomic E-state index is -0.297. The van der Waals surface area contributed by atoms with E-state index in [0.29, 0.717) is 5.56 Å². The highest BCUT2D eigenvalue weighted by Crippen LogP contribution is 2.26. The second-order valence-corrected chi connectivity index (χ2v) is 6.03. The molecule has 0 N–H and O–H groups in total. The largest absolute Gasteiger partial charge is 0.465 e. The summed E-state index contributed by atoms with van der Waals surface area (Å²) in [6.07, 6.45) is 0. The molecule has 3 rings (SSSR count). The molecule has 0 radical (unpaired) electrons. The number of ether oxygens (including phenoxy) is 1. The van der Waals surface area contributed by atoms with Gasteiger partial charge in [0, 0.05) is 10.6 Å². The van der Waals surface area contributed by atoms with Gasteiger partial charge in [-0.15, -0.1) is 11.8 Å². The number of hydrogen-bond donors (Lipinski definition) is 0. The van der Waals surface area contributed by atoms with Crippen LogP contribution in [0.1, 0.15) is 15.9 Å². The Morgan fingerprint density at radius 3 is 2.41 bits per heavy atom. The van der Waals surface area contributed by atoms with Crippen LogP contribution in [0.3, 0.4) is 0 Å². The maximum atomic E-state index is 11.4. The van der Waals surface area contributed by atoms with Gasteiger partial charge in [-0.3, -0.25) is 0 Å². The molecule has 3 heteroatoms. The van der Waals surface area contributed by atoms with Crippen LogP contribution < -0.4 is 0 Å². The van der Waals surface area contributed by atoms with E-state index in [4.69, 9.17) is 4.74 Å². The molecule has 0 heterocycles. The molecule has 0 aromatic heterocycles. The summed E-state index contributed by atoms with van der Waals surface area (Å²) in [6.45, 7) is 0. The number of carbonyl (C=O) groups excluding carboxylic acids is 1. The molecule has 110 valence electrons. The van der Waals surface area contributed by atoms with Gasteiger partial charge in [0.05, 0.1) is 12.7 Å². The Labute approximate surface area is 134 Å². The van der Waals surface area contributed by atoms with Crippen LogP contribution in [-0.4, -0.2) is 13.1 Å². The third-order valence-corrected chi connectivity index (χ3v) is 4.57. The number of hydrogen-bond acceptors (Lipinski definition) is 3. The molecule has 0 aliphatic carbocycles. The summed E-state index contributed by atoms with van der Waals surface area (Å²) < 4.78 is 4.70. The Morgan fingerprint density at radius 1 is 0.955 bits per heavy atom. The lowest BCUT2D eigenvalue weighted by atomic mass is 10.1. The molecule has 0 unspecified atom stereocenters. The highest BCUT2D eigenvalue weighted by molar-refractivity contribution is 7.98. The zero-order valence-corrected chi connectivity index (χ0v) is 13.1. The van der Waals surface area contributed by atoms with Crippen LogP contribution in [0.5, 0.6) is 0 Å². The molecule has 0 atom stereocenters. The predicted octanol–water partition coefficient (Wildman–Crippen LogP) is 4.92. The quantitative estimate of drug-likeness (QED) is 0.505. The van der Waals surface area contributed by atoms with E-state index in [0.717, 1.165) is 5.75 Å². The van der Waals surface area contributed by atoms with Crippen molar-refractivity contribution >= 4 is 28.5 Å². The molecule has 0 aliphatic rings.